The van der Waals surface area contributed by atoms with Gasteiger partial charge in [0.2, 0.25) is 0 Å². The Morgan fingerprint density at radius 1 is 1.25 bits per heavy atom. The molecule has 1 atom stereocenters. The lowest BCUT2D eigenvalue weighted by molar-refractivity contribution is -0.163. The first-order chi connectivity index (χ1) is 15.7. The first kappa shape index (κ1) is 20.8. The van der Waals surface area contributed by atoms with Gasteiger partial charge in [-0.2, -0.15) is 5.10 Å². The molecule has 1 fully saturated rings. The Hall–Kier alpha value is -3.08. The molecule has 10 heteroatoms. The van der Waals surface area contributed by atoms with Crippen LogP contribution in [-0.4, -0.2) is 44.2 Å². The van der Waals surface area contributed by atoms with Crippen LogP contribution in [0.15, 0.2) is 42.9 Å². The lowest BCUT2D eigenvalue weighted by atomic mass is 10.2. The minimum Gasteiger partial charge on any atom is -0.396 e. The molecule has 0 aliphatic carbocycles. The third kappa shape index (κ3) is 4.87. The van der Waals surface area contributed by atoms with E-state index in [4.69, 9.17) is 20.2 Å². The molecular formula is C22H25N7O2S. The molecule has 0 amide bonds. The van der Waals surface area contributed by atoms with Gasteiger partial charge in [0.1, 0.15) is 21.2 Å². The number of aromatic nitrogens is 5. The highest BCUT2D eigenvalue weighted by Gasteiger charge is 2.14. The van der Waals surface area contributed by atoms with Crippen LogP contribution in [0.2, 0.25) is 0 Å². The number of nitrogens with one attached hydrogen (secondary N) is 1. The molecule has 1 unspecified atom stereocenters. The number of anilines is 2. The summed E-state index contributed by atoms with van der Waals surface area (Å²) >= 11 is 1.56. The number of ether oxygens (including phenoxy) is 2. The Morgan fingerprint density at radius 3 is 3.09 bits per heavy atom. The summed E-state index contributed by atoms with van der Waals surface area (Å²) in [7, 11) is 0. The summed E-state index contributed by atoms with van der Waals surface area (Å²) in [6, 6.07) is 7.60. The van der Waals surface area contributed by atoms with Crippen LogP contribution in [0.25, 0.3) is 21.6 Å². The highest BCUT2D eigenvalue weighted by molar-refractivity contribution is 7.18. The molecular weight excluding hydrogens is 426 g/mol. The number of rotatable bonds is 8. The van der Waals surface area contributed by atoms with Crippen LogP contribution < -0.4 is 11.1 Å². The number of nitrogens with zero attached hydrogens (tertiary/aromatic N) is 5. The fourth-order valence-electron chi connectivity index (χ4n) is 3.56. The highest BCUT2D eigenvalue weighted by atomic mass is 32.1. The van der Waals surface area contributed by atoms with Gasteiger partial charge in [-0.3, -0.25) is 4.68 Å². The summed E-state index contributed by atoms with van der Waals surface area (Å²) in [5.41, 5.74) is 9.35. The SMILES string of the molecule is Nc1ccc(-c2cnn(CCOC3CCCCO3)c2)nc1NCc1nc2cccnc2s1. The zero-order valence-electron chi connectivity index (χ0n) is 17.6. The number of hydrogen-bond acceptors (Lipinski definition) is 9. The monoisotopic (exact) mass is 451 g/mol. The number of thiazole rings is 1. The van der Waals surface area contributed by atoms with E-state index >= 15 is 0 Å². The van der Waals surface area contributed by atoms with Gasteiger partial charge >= 0.3 is 0 Å². The van der Waals surface area contributed by atoms with Crippen LogP contribution in [0, 0.1) is 0 Å². The molecule has 1 saturated heterocycles. The molecule has 0 spiro atoms. The minimum absolute atomic E-state index is 0.0858. The standard InChI is InChI=1S/C22H25N7O2S/c23-16-6-7-17(15-12-26-29(14-15)9-11-31-20-5-1-2-10-30-20)28-21(16)25-13-19-27-18-4-3-8-24-22(18)32-19/h3-4,6-8,12,14,20H,1-2,5,9-11,13,23H2,(H,25,28). The van der Waals surface area contributed by atoms with E-state index in [0.717, 1.165) is 52.5 Å². The Balaban J connectivity index is 1.21. The average Bonchev–Trinajstić information content (AvgIpc) is 3.46. The summed E-state index contributed by atoms with van der Waals surface area (Å²) in [5.74, 6) is 0.625. The molecule has 0 radical (unpaired) electrons. The van der Waals surface area contributed by atoms with Crippen molar-refractivity contribution in [1.82, 2.24) is 24.7 Å². The molecule has 5 rings (SSSR count). The third-order valence-electron chi connectivity index (χ3n) is 5.24. The number of nitrogen functional groups attached to an aromatic ring is 1. The van der Waals surface area contributed by atoms with Crippen molar-refractivity contribution in [1.29, 1.82) is 0 Å². The second-order valence-corrected chi connectivity index (χ2v) is 8.64. The van der Waals surface area contributed by atoms with Crippen molar-refractivity contribution in [3.05, 3.63) is 47.9 Å². The van der Waals surface area contributed by atoms with Gasteiger partial charge in [0.25, 0.3) is 0 Å². The maximum atomic E-state index is 6.15. The van der Waals surface area contributed by atoms with Crippen LogP contribution in [0.4, 0.5) is 11.5 Å². The smallest absolute Gasteiger partial charge is 0.157 e. The maximum absolute atomic E-state index is 6.15. The van der Waals surface area contributed by atoms with Crippen molar-refractivity contribution in [3.63, 3.8) is 0 Å². The van der Waals surface area contributed by atoms with Gasteiger partial charge in [-0.15, -0.1) is 0 Å². The van der Waals surface area contributed by atoms with Crippen LogP contribution in [0.1, 0.15) is 24.3 Å². The van der Waals surface area contributed by atoms with E-state index in [0.29, 0.717) is 31.2 Å². The highest BCUT2D eigenvalue weighted by Crippen LogP contribution is 2.25. The van der Waals surface area contributed by atoms with Gasteiger partial charge in [-0.05, 0) is 43.5 Å². The topological polar surface area (TPSA) is 113 Å². The summed E-state index contributed by atoms with van der Waals surface area (Å²) in [5, 5.41) is 8.67. The largest absolute Gasteiger partial charge is 0.396 e. The van der Waals surface area contributed by atoms with Crippen LogP contribution in [0.5, 0.6) is 0 Å². The second kappa shape index (κ2) is 9.60. The minimum atomic E-state index is -0.0858. The molecule has 1 aliphatic heterocycles. The zero-order valence-corrected chi connectivity index (χ0v) is 18.4. The quantitative estimate of drug-likeness (QED) is 0.417. The molecule has 1 aliphatic rings. The Morgan fingerprint density at radius 2 is 2.22 bits per heavy atom. The lowest BCUT2D eigenvalue weighted by Crippen LogP contribution is -2.24. The Kier molecular flexibility index (Phi) is 6.24. The van der Waals surface area contributed by atoms with Gasteiger partial charge in [-0.1, -0.05) is 11.3 Å². The first-order valence-corrected chi connectivity index (χ1v) is 11.5. The van der Waals surface area contributed by atoms with E-state index in [1.165, 1.54) is 0 Å². The summed E-state index contributed by atoms with van der Waals surface area (Å²) in [6.07, 6.45) is 8.69. The molecule has 4 aromatic heterocycles. The molecule has 0 saturated carbocycles. The first-order valence-electron chi connectivity index (χ1n) is 10.7. The van der Waals surface area contributed by atoms with Crippen LogP contribution in [-0.2, 0) is 22.6 Å². The predicted octanol–water partition coefficient (Wildman–Crippen LogP) is 3.69. The Bertz CT molecular complexity index is 1150. The van der Waals surface area contributed by atoms with E-state index in [2.05, 4.69) is 20.4 Å². The van der Waals surface area contributed by atoms with E-state index in [1.54, 1.807) is 23.7 Å². The number of hydrogen-bond donors (Lipinski definition) is 2. The summed E-state index contributed by atoms with van der Waals surface area (Å²) in [6.45, 7) is 2.53. The van der Waals surface area contributed by atoms with Gasteiger partial charge in [0.05, 0.1) is 37.3 Å². The summed E-state index contributed by atoms with van der Waals surface area (Å²) < 4.78 is 13.3. The van der Waals surface area contributed by atoms with E-state index in [9.17, 15) is 0 Å². The fourth-order valence-corrected chi connectivity index (χ4v) is 4.40. The fraction of sp³-hybridized carbons (Fsp3) is 0.364. The average molecular weight is 452 g/mol. The van der Waals surface area contributed by atoms with E-state index in [-0.39, 0.29) is 6.29 Å². The van der Waals surface area contributed by atoms with Crippen molar-refractivity contribution in [2.24, 2.45) is 0 Å². The van der Waals surface area contributed by atoms with E-state index < -0.39 is 0 Å². The molecule has 32 heavy (non-hydrogen) atoms. The zero-order chi connectivity index (χ0) is 21.8. The third-order valence-corrected chi connectivity index (χ3v) is 6.21. The molecule has 4 aromatic rings. The second-order valence-electron chi connectivity index (χ2n) is 7.58. The maximum Gasteiger partial charge on any atom is 0.157 e. The summed E-state index contributed by atoms with van der Waals surface area (Å²) in [4.78, 5) is 14.6. The van der Waals surface area contributed by atoms with Crippen molar-refractivity contribution < 1.29 is 9.47 Å². The number of pyridine rings is 2. The molecule has 0 bridgehead atoms. The molecule has 166 valence electrons. The molecule has 3 N–H and O–H groups in total. The van der Waals surface area contributed by atoms with Crippen LogP contribution in [0.3, 0.4) is 0 Å². The predicted molar refractivity (Wildman–Crippen MR) is 124 cm³/mol. The van der Waals surface area contributed by atoms with Gasteiger partial charge < -0.3 is 20.5 Å². The molecule has 5 heterocycles. The number of fused-ring (bicyclic) bond motifs is 1. The lowest BCUT2D eigenvalue weighted by Gasteiger charge is -2.22. The number of nitrogens with two attached hydrogens (primary N) is 1. The van der Waals surface area contributed by atoms with Crippen molar-refractivity contribution >= 4 is 33.2 Å². The molecule has 9 nitrogen and oxygen atoms in total. The van der Waals surface area contributed by atoms with Gasteiger partial charge in [-0.25, -0.2) is 15.0 Å². The Labute approximate surface area is 189 Å². The van der Waals surface area contributed by atoms with Crippen molar-refractivity contribution in [2.45, 2.75) is 38.6 Å². The van der Waals surface area contributed by atoms with Gasteiger partial charge in [0, 0.05) is 24.6 Å². The molecule has 0 aromatic carbocycles. The van der Waals surface area contributed by atoms with Crippen LogP contribution >= 0.6 is 11.3 Å². The van der Waals surface area contributed by atoms with E-state index in [1.807, 2.05) is 35.1 Å². The normalized spacial score (nSPS) is 16.4. The van der Waals surface area contributed by atoms with Crippen molar-refractivity contribution in [2.75, 3.05) is 24.3 Å². The van der Waals surface area contributed by atoms with Gasteiger partial charge in [0.15, 0.2) is 6.29 Å². The van der Waals surface area contributed by atoms with Crippen molar-refractivity contribution in [3.8, 4) is 11.3 Å².